The molecule has 0 bridgehead atoms. The zero-order valence-corrected chi connectivity index (χ0v) is 11.7. The summed E-state index contributed by atoms with van der Waals surface area (Å²) in [6.45, 7) is 0.574. The molecule has 3 rings (SSSR count). The van der Waals surface area contributed by atoms with E-state index in [1.807, 2.05) is 25.2 Å². The van der Waals surface area contributed by atoms with E-state index in [0.29, 0.717) is 17.3 Å². The summed E-state index contributed by atoms with van der Waals surface area (Å²) in [6, 6.07) is 12.1. The maximum Gasteiger partial charge on any atom is 0.135 e. The van der Waals surface area contributed by atoms with Crippen LogP contribution in [0.3, 0.4) is 0 Å². The Morgan fingerprint density at radius 2 is 2.00 bits per heavy atom. The van der Waals surface area contributed by atoms with Crippen molar-refractivity contribution < 1.29 is 8.81 Å². The molecule has 0 saturated carbocycles. The molecule has 0 atom stereocenters. The Morgan fingerprint density at radius 3 is 2.80 bits per heavy atom. The van der Waals surface area contributed by atoms with E-state index in [2.05, 4.69) is 5.32 Å². The van der Waals surface area contributed by atoms with Crippen LogP contribution >= 0.6 is 11.6 Å². The van der Waals surface area contributed by atoms with E-state index in [-0.39, 0.29) is 5.82 Å². The van der Waals surface area contributed by atoms with Gasteiger partial charge < -0.3 is 9.73 Å². The summed E-state index contributed by atoms with van der Waals surface area (Å²) in [5.41, 5.74) is 2.51. The van der Waals surface area contributed by atoms with Crippen LogP contribution in [0.25, 0.3) is 22.3 Å². The lowest BCUT2D eigenvalue weighted by atomic mass is 10.0. The minimum Gasteiger partial charge on any atom is -0.456 e. The van der Waals surface area contributed by atoms with Gasteiger partial charge in [0.2, 0.25) is 0 Å². The topological polar surface area (TPSA) is 25.2 Å². The third-order valence-electron chi connectivity index (χ3n) is 3.18. The molecule has 1 heterocycles. The summed E-state index contributed by atoms with van der Waals surface area (Å²) in [4.78, 5) is 0. The van der Waals surface area contributed by atoms with Crippen LogP contribution in [0.15, 0.2) is 46.9 Å². The highest BCUT2D eigenvalue weighted by Crippen LogP contribution is 2.31. The number of benzene rings is 2. The van der Waals surface area contributed by atoms with Crippen LogP contribution in [0.2, 0.25) is 5.02 Å². The van der Waals surface area contributed by atoms with E-state index in [4.69, 9.17) is 16.0 Å². The molecule has 2 nitrogen and oxygen atoms in total. The number of hydrogen-bond donors (Lipinski definition) is 1. The molecule has 0 unspecified atom stereocenters. The van der Waals surface area contributed by atoms with Crippen LogP contribution in [0.4, 0.5) is 4.39 Å². The average molecular weight is 290 g/mol. The largest absolute Gasteiger partial charge is 0.456 e. The smallest absolute Gasteiger partial charge is 0.135 e. The molecular formula is C16H13ClFNO. The highest BCUT2D eigenvalue weighted by molar-refractivity contribution is 6.31. The van der Waals surface area contributed by atoms with Crippen molar-refractivity contribution in [2.24, 2.45) is 0 Å². The fourth-order valence-corrected chi connectivity index (χ4v) is 2.47. The second-order valence-corrected chi connectivity index (χ2v) is 5.06. The molecule has 102 valence electrons. The van der Waals surface area contributed by atoms with Gasteiger partial charge in [0.1, 0.15) is 17.2 Å². The molecule has 0 aliphatic rings. The number of nitrogens with one attached hydrogen (secondary N) is 1. The van der Waals surface area contributed by atoms with Gasteiger partial charge in [-0.05, 0) is 55.1 Å². The zero-order valence-electron chi connectivity index (χ0n) is 10.9. The first kappa shape index (κ1) is 13.2. The van der Waals surface area contributed by atoms with Gasteiger partial charge in [0.15, 0.2) is 0 Å². The lowest BCUT2D eigenvalue weighted by Gasteiger charge is -2.06. The molecule has 0 aliphatic carbocycles. The number of halogens is 2. The Balaban J connectivity index is 2.14. The van der Waals surface area contributed by atoms with Crippen LogP contribution in [0.1, 0.15) is 5.56 Å². The van der Waals surface area contributed by atoms with Gasteiger partial charge in [0.25, 0.3) is 0 Å². The van der Waals surface area contributed by atoms with E-state index < -0.39 is 0 Å². The highest BCUT2D eigenvalue weighted by atomic mass is 35.5. The second-order valence-electron chi connectivity index (χ2n) is 4.62. The van der Waals surface area contributed by atoms with Gasteiger partial charge in [-0.1, -0.05) is 11.6 Å². The first-order valence-electron chi connectivity index (χ1n) is 6.30. The average Bonchev–Trinajstić information content (AvgIpc) is 2.82. The van der Waals surface area contributed by atoms with E-state index in [0.717, 1.165) is 22.1 Å². The molecule has 0 spiro atoms. The molecule has 0 amide bonds. The summed E-state index contributed by atoms with van der Waals surface area (Å²) in [6.07, 6.45) is 0. The molecule has 2 aromatic carbocycles. The maximum absolute atomic E-state index is 13.4. The van der Waals surface area contributed by atoms with Crippen molar-refractivity contribution >= 4 is 22.6 Å². The van der Waals surface area contributed by atoms with Crippen LogP contribution in [-0.2, 0) is 6.54 Å². The van der Waals surface area contributed by atoms with Gasteiger partial charge in [-0.25, -0.2) is 4.39 Å². The predicted molar refractivity (Wildman–Crippen MR) is 79.4 cm³/mol. The third kappa shape index (κ3) is 2.42. The van der Waals surface area contributed by atoms with Crippen molar-refractivity contribution in [3.05, 3.63) is 58.9 Å². The van der Waals surface area contributed by atoms with Crippen molar-refractivity contribution in [1.29, 1.82) is 0 Å². The molecule has 1 aromatic heterocycles. The summed E-state index contributed by atoms with van der Waals surface area (Å²) in [5, 5.41) is 4.64. The van der Waals surface area contributed by atoms with Crippen LogP contribution in [-0.4, -0.2) is 7.05 Å². The lowest BCUT2D eigenvalue weighted by molar-refractivity contribution is 0.618. The van der Waals surface area contributed by atoms with Gasteiger partial charge in [0, 0.05) is 22.5 Å². The second kappa shape index (κ2) is 5.27. The van der Waals surface area contributed by atoms with E-state index >= 15 is 0 Å². The Kier molecular flexibility index (Phi) is 3.47. The Morgan fingerprint density at radius 1 is 1.15 bits per heavy atom. The Hall–Kier alpha value is -1.84. The van der Waals surface area contributed by atoms with Gasteiger partial charge in [-0.2, -0.15) is 0 Å². The molecule has 0 radical (unpaired) electrons. The minimum atomic E-state index is -0.252. The number of rotatable bonds is 3. The van der Waals surface area contributed by atoms with Gasteiger partial charge in [0.05, 0.1) is 0 Å². The first-order chi connectivity index (χ1) is 9.67. The van der Waals surface area contributed by atoms with Crippen LogP contribution < -0.4 is 5.32 Å². The fraction of sp³-hybridized carbons (Fsp3) is 0.125. The van der Waals surface area contributed by atoms with Crippen LogP contribution in [0.5, 0.6) is 0 Å². The molecular weight excluding hydrogens is 277 g/mol. The summed E-state index contributed by atoms with van der Waals surface area (Å²) >= 11 is 5.97. The Labute approximate surface area is 121 Å². The number of hydrogen-bond acceptors (Lipinski definition) is 2. The standard InChI is InChI=1S/C16H13ClFNO/c1-19-9-11-7-13(18)3-4-14(11)16-8-10-6-12(17)2-5-15(10)20-16/h2-8,19H,9H2,1H3. The van der Waals surface area contributed by atoms with Crippen LogP contribution in [0, 0.1) is 5.82 Å². The molecule has 0 saturated heterocycles. The van der Waals surface area contributed by atoms with Crippen molar-refractivity contribution in [2.75, 3.05) is 7.05 Å². The molecule has 0 fully saturated rings. The zero-order chi connectivity index (χ0) is 14.1. The summed E-state index contributed by atoms with van der Waals surface area (Å²) in [7, 11) is 1.83. The van der Waals surface area contributed by atoms with Crippen molar-refractivity contribution in [3.8, 4) is 11.3 Å². The Bertz CT molecular complexity index is 766. The van der Waals surface area contributed by atoms with Crippen molar-refractivity contribution in [3.63, 3.8) is 0 Å². The van der Waals surface area contributed by atoms with Gasteiger partial charge in [-0.3, -0.25) is 0 Å². The maximum atomic E-state index is 13.4. The molecule has 4 heteroatoms. The minimum absolute atomic E-state index is 0.252. The van der Waals surface area contributed by atoms with Crippen molar-refractivity contribution in [2.45, 2.75) is 6.54 Å². The fourth-order valence-electron chi connectivity index (χ4n) is 2.29. The highest BCUT2D eigenvalue weighted by Gasteiger charge is 2.11. The van der Waals surface area contributed by atoms with E-state index in [1.54, 1.807) is 12.1 Å². The number of fused-ring (bicyclic) bond motifs is 1. The predicted octanol–water partition coefficient (Wildman–Crippen LogP) is 4.61. The lowest BCUT2D eigenvalue weighted by Crippen LogP contribution is -2.06. The molecule has 0 aliphatic heterocycles. The number of furan rings is 1. The van der Waals surface area contributed by atoms with E-state index in [1.165, 1.54) is 12.1 Å². The summed E-state index contributed by atoms with van der Waals surface area (Å²) in [5.74, 6) is 0.464. The van der Waals surface area contributed by atoms with Gasteiger partial charge >= 0.3 is 0 Å². The SMILES string of the molecule is CNCc1cc(F)ccc1-c1cc2cc(Cl)ccc2o1. The normalized spacial score (nSPS) is 11.2. The molecule has 1 N–H and O–H groups in total. The van der Waals surface area contributed by atoms with E-state index in [9.17, 15) is 4.39 Å². The third-order valence-corrected chi connectivity index (χ3v) is 3.41. The monoisotopic (exact) mass is 289 g/mol. The first-order valence-corrected chi connectivity index (χ1v) is 6.67. The van der Waals surface area contributed by atoms with Gasteiger partial charge in [-0.15, -0.1) is 0 Å². The molecule has 3 aromatic rings. The quantitative estimate of drug-likeness (QED) is 0.761. The van der Waals surface area contributed by atoms with Crippen molar-refractivity contribution in [1.82, 2.24) is 5.32 Å². The summed E-state index contributed by atoms with van der Waals surface area (Å²) < 4.78 is 19.2. The molecule has 20 heavy (non-hydrogen) atoms.